The van der Waals surface area contributed by atoms with Gasteiger partial charge < -0.3 is 10.5 Å². The molecule has 0 saturated heterocycles. The van der Waals surface area contributed by atoms with Gasteiger partial charge in [0.15, 0.2) is 0 Å². The molecule has 0 atom stereocenters. The molecule has 16 heavy (non-hydrogen) atoms. The summed E-state index contributed by atoms with van der Waals surface area (Å²) in [5, 5.41) is 0. The van der Waals surface area contributed by atoms with Crippen LogP contribution < -0.4 is 5.73 Å². The fraction of sp³-hybridized carbons (Fsp3) is 0.571. The molecular formula is C14H23NO. The molecule has 2 nitrogen and oxygen atoms in total. The monoisotopic (exact) mass is 221 g/mol. The van der Waals surface area contributed by atoms with Gasteiger partial charge in [-0.05, 0) is 17.5 Å². The van der Waals surface area contributed by atoms with E-state index in [4.69, 9.17) is 10.5 Å². The highest BCUT2D eigenvalue weighted by molar-refractivity contribution is 5.26. The fourth-order valence-corrected chi connectivity index (χ4v) is 1.71. The lowest BCUT2D eigenvalue weighted by Gasteiger charge is -2.08. The molecule has 2 heteroatoms. The van der Waals surface area contributed by atoms with Crippen molar-refractivity contribution >= 4 is 0 Å². The second kappa shape index (κ2) is 8.31. The molecule has 1 rings (SSSR count). The zero-order valence-corrected chi connectivity index (χ0v) is 10.2. The summed E-state index contributed by atoms with van der Waals surface area (Å²) in [5.74, 6) is 0. The molecule has 0 radical (unpaired) electrons. The summed E-state index contributed by atoms with van der Waals surface area (Å²) in [5.41, 5.74) is 8.08. The summed E-state index contributed by atoms with van der Waals surface area (Å²) in [6, 6.07) is 8.21. The van der Waals surface area contributed by atoms with E-state index in [0.717, 1.165) is 6.61 Å². The predicted molar refractivity (Wildman–Crippen MR) is 68.1 cm³/mol. The van der Waals surface area contributed by atoms with Gasteiger partial charge in [0, 0.05) is 13.2 Å². The van der Waals surface area contributed by atoms with Crippen molar-refractivity contribution in [2.75, 3.05) is 6.61 Å². The number of benzene rings is 1. The second-order valence-electron chi connectivity index (χ2n) is 4.09. The lowest BCUT2D eigenvalue weighted by molar-refractivity contribution is 0.116. The summed E-state index contributed by atoms with van der Waals surface area (Å²) >= 11 is 0. The predicted octanol–water partition coefficient (Wildman–Crippen LogP) is 3.24. The standard InChI is InChI=1S/C14H23NO/c1-2-3-4-7-10-16-12-14-9-6-5-8-13(14)11-15/h5-6,8-9H,2-4,7,10-12,15H2,1H3. The van der Waals surface area contributed by atoms with Crippen LogP contribution in [-0.2, 0) is 17.9 Å². The molecule has 0 heterocycles. The van der Waals surface area contributed by atoms with Gasteiger partial charge in [0.2, 0.25) is 0 Å². The number of nitrogens with two attached hydrogens (primary N) is 1. The van der Waals surface area contributed by atoms with Crippen LogP contribution in [0.25, 0.3) is 0 Å². The maximum Gasteiger partial charge on any atom is 0.0720 e. The Morgan fingerprint density at radius 2 is 1.81 bits per heavy atom. The Hall–Kier alpha value is -0.860. The van der Waals surface area contributed by atoms with E-state index in [9.17, 15) is 0 Å². The molecule has 90 valence electrons. The van der Waals surface area contributed by atoms with Crippen molar-refractivity contribution in [3.05, 3.63) is 35.4 Å². The van der Waals surface area contributed by atoms with Gasteiger partial charge >= 0.3 is 0 Å². The van der Waals surface area contributed by atoms with E-state index in [-0.39, 0.29) is 0 Å². The van der Waals surface area contributed by atoms with Gasteiger partial charge in [0.25, 0.3) is 0 Å². The Morgan fingerprint density at radius 3 is 2.50 bits per heavy atom. The SMILES string of the molecule is CCCCCCOCc1ccccc1CN. The molecule has 0 spiro atoms. The highest BCUT2D eigenvalue weighted by atomic mass is 16.5. The minimum atomic E-state index is 0.593. The topological polar surface area (TPSA) is 35.2 Å². The minimum absolute atomic E-state index is 0.593. The lowest BCUT2D eigenvalue weighted by Crippen LogP contribution is -2.03. The van der Waals surface area contributed by atoms with Crippen molar-refractivity contribution in [2.45, 2.75) is 45.8 Å². The summed E-state index contributed by atoms with van der Waals surface area (Å²) < 4.78 is 5.65. The van der Waals surface area contributed by atoms with Crippen molar-refractivity contribution in [2.24, 2.45) is 5.73 Å². The van der Waals surface area contributed by atoms with E-state index in [0.29, 0.717) is 13.2 Å². The first-order chi connectivity index (χ1) is 7.88. The molecule has 0 amide bonds. The van der Waals surface area contributed by atoms with Gasteiger partial charge in [0.05, 0.1) is 6.61 Å². The summed E-state index contributed by atoms with van der Waals surface area (Å²) in [7, 11) is 0. The van der Waals surface area contributed by atoms with Crippen molar-refractivity contribution in [3.63, 3.8) is 0 Å². The third-order valence-electron chi connectivity index (χ3n) is 2.74. The van der Waals surface area contributed by atoms with Crippen LogP contribution in [0.2, 0.25) is 0 Å². The lowest BCUT2D eigenvalue weighted by atomic mass is 10.1. The van der Waals surface area contributed by atoms with Crippen LogP contribution in [0.15, 0.2) is 24.3 Å². The van der Waals surface area contributed by atoms with Crippen molar-refractivity contribution in [1.29, 1.82) is 0 Å². The van der Waals surface area contributed by atoms with Gasteiger partial charge in [-0.1, -0.05) is 50.5 Å². The van der Waals surface area contributed by atoms with Gasteiger partial charge in [0.1, 0.15) is 0 Å². The van der Waals surface area contributed by atoms with Crippen molar-refractivity contribution < 1.29 is 4.74 Å². The molecule has 1 aromatic carbocycles. The summed E-state index contributed by atoms with van der Waals surface area (Å²) in [6.45, 7) is 4.37. The Morgan fingerprint density at radius 1 is 1.06 bits per heavy atom. The number of hydrogen-bond acceptors (Lipinski definition) is 2. The number of rotatable bonds is 8. The third kappa shape index (κ3) is 4.77. The Bertz CT molecular complexity index is 286. The van der Waals surface area contributed by atoms with E-state index < -0.39 is 0 Å². The molecular weight excluding hydrogens is 198 g/mol. The average Bonchev–Trinajstić information content (AvgIpc) is 2.34. The molecule has 0 aliphatic rings. The van der Waals surface area contributed by atoms with E-state index in [2.05, 4.69) is 19.1 Å². The van der Waals surface area contributed by atoms with Crippen LogP contribution in [0.5, 0.6) is 0 Å². The highest BCUT2D eigenvalue weighted by Gasteiger charge is 1.99. The first-order valence-corrected chi connectivity index (χ1v) is 6.23. The van der Waals surface area contributed by atoms with Crippen LogP contribution in [0.4, 0.5) is 0 Å². The maximum atomic E-state index is 5.67. The Balaban J connectivity index is 2.21. The number of unbranched alkanes of at least 4 members (excludes halogenated alkanes) is 3. The Kier molecular flexibility index (Phi) is 6.86. The maximum absolute atomic E-state index is 5.67. The average molecular weight is 221 g/mol. The summed E-state index contributed by atoms with van der Waals surface area (Å²) in [6.07, 6.45) is 5.02. The van der Waals surface area contributed by atoms with Gasteiger partial charge in [-0.2, -0.15) is 0 Å². The highest BCUT2D eigenvalue weighted by Crippen LogP contribution is 2.09. The molecule has 0 fully saturated rings. The van der Waals surface area contributed by atoms with E-state index in [1.165, 1.54) is 36.8 Å². The number of hydrogen-bond donors (Lipinski definition) is 1. The first kappa shape index (κ1) is 13.2. The molecule has 0 unspecified atom stereocenters. The van der Waals surface area contributed by atoms with Crippen molar-refractivity contribution in [3.8, 4) is 0 Å². The van der Waals surface area contributed by atoms with Crippen LogP contribution in [0.3, 0.4) is 0 Å². The normalized spacial score (nSPS) is 10.6. The van der Waals surface area contributed by atoms with Crippen LogP contribution >= 0.6 is 0 Å². The quantitative estimate of drug-likeness (QED) is 0.684. The van der Waals surface area contributed by atoms with Crippen molar-refractivity contribution in [1.82, 2.24) is 0 Å². The first-order valence-electron chi connectivity index (χ1n) is 6.23. The van der Waals surface area contributed by atoms with E-state index >= 15 is 0 Å². The van der Waals surface area contributed by atoms with Crippen LogP contribution in [-0.4, -0.2) is 6.61 Å². The molecule has 0 saturated carbocycles. The molecule has 0 aromatic heterocycles. The van der Waals surface area contributed by atoms with Crippen LogP contribution in [0.1, 0.15) is 43.7 Å². The molecule has 0 aliphatic carbocycles. The van der Waals surface area contributed by atoms with Gasteiger partial charge in [-0.15, -0.1) is 0 Å². The summed E-state index contributed by atoms with van der Waals surface area (Å²) in [4.78, 5) is 0. The second-order valence-corrected chi connectivity index (χ2v) is 4.09. The van der Waals surface area contributed by atoms with Gasteiger partial charge in [-0.25, -0.2) is 0 Å². The van der Waals surface area contributed by atoms with Crippen LogP contribution in [0, 0.1) is 0 Å². The van der Waals surface area contributed by atoms with E-state index in [1.54, 1.807) is 0 Å². The molecule has 0 aliphatic heterocycles. The van der Waals surface area contributed by atoms with E-state index in [1.807, 2.05) is 12.1 Å². The zero-order valence-electron chi connectivity index (χ0n) is 10.2. The molecule has 0 bridgehead atoms. The number of ether oxygens (including phenoxy) is 1. The third-order valence-corrected chi connectivity index (χ3v) is 2.74. The molecule has 1 aromatic rings. The smallest absolute Gasteiger partial charge is 0.0720 e. The molecule has 2 N–H and O–H groups in total. The van der Waals surface area contributed by atoms with Gasteiger partial charge in [-0.3, -0.25) is 0 Å². The zero-order chi connectivity index (χ0) is 11.6. The largest absolute Gasteiger partial charge is 0.377 e. The Labute approximate surface area is 98.8 Å². The fourth-order valence-electron chi connectivity index (χ4n) is 1.71. The minimum Gasteiger partial charge on any atom is -0.377 e.